The van der Waals surface area contributed by atoms with E-state index in [1.54, 1.807) is 0 Å². The predicted octanol–water partition coefficient (Wildman–Crippen LogP) is 11.0. The Labute approximate surface area is 347 Å². The van der Waals surface area contributed by atoms with E-state index in [9.17, 15) is 14.4 Å². The number of hydrogen-bond donors (Lipinski definition) is 4. The van der Waals surface area contributed by atoms with Crippen LogP contribution in [0.15, 0.2) is 0 Å². The van der Waals surface area contributed by atoms with Gasteiger partial charge >= 0.3 is 17.9 Å². The highest BCUT2D eigenvalue weighted by atomic mass is 16.5. The van der Waals surface area contributed by atoms with E-state index in [-0.39, 0.29) is 23.8 Å². The highest BCUT2D eigenvalue weighted by Gasteiger charge is 2.24. The van der Waals surface area contributed by atoms with Gasteiger partial charge in [0.15, 0.2) is 0 Å². The van der Waals surface area contributed by atoms with Crippen LogP contribution in [0.25, 0.3) is 0 Å². The highest BCUT2D eigenvalue weighted by Crippen LogP contribution is 2.28. The molecule has 0 aliphatic heterocycles. The molecule has 0 bridgehead atoms. The van der Waals surface area contributed by atoms with Crippen LogP contribution < -0.4 is 0 Å². The van der Waals surface area contributed by atoms with Gasteiger partial charge in [-0.05, 0) is 82.0 Å². The molecule has 0 heterocycles. The predicted molar refractivity (Wildman–Crippen MR) is 236 cm³/mol. The Hall–Kier alpha value is -1.75. The third-order valence-corrected chi connectivity index (χ3v) is 9.55. The zero-order valence-corrected chi connectivity index (χ0v) is 39.1. The largest absolute Gasteiger partial charge is 0.465 e. The van der Waals surface area contributed by atoms with Crippen molar-refractivity contribution in [1.29, 1.82) is 0 Å². The van der Waals surface area contributed by atoms with Gasteiger partial charge in [0.05, 0.1) is 25.7 Å². The van der Waals surface area contributed by atoms with E-state index in [0.717, 1.165) is 41.3 Å². The first kappa shape index (κ1) is 66.1. The number of esters is 3. The van der Waals surface area contributed by atoms with Crippen LogP contribution in [0.1, 0.15) is 209 Å². The average molecular weight is 811 g/mol. The molecule has 0 unspecified atom stereocenters. The van der Waals surface area contributed by atoms with Crippen LogP contribution in [0.5, 0.6) is 0 Å². The van der Waals surface area contributed by atoms with Gasteiger partial charge in [-0.1, -0.05) is 132 Å². The number of carbonyl (C=O) groups excluding carboxylic acids is 3. The standard InChI is InChI=1S/C20H34O4.C14H24O2.4C2H6.4CH4O/c21-19(23-15-17-9-3-1-4-10-17)13-7-8-14-20(22)24-16-18-11-5-2-6-12-18;15-14(13-9-5-2-6-10-13)16-11-12-7-3-1-4-8-12;8*1-2/h17-18H,1-16H2;12-13H,1-11H2;4*1-2H3;4*2H,1H3. The molecule has 0 aromatic heterocycles. The van der Waals surface area contributed by atoms with Crippen LogP contribution in [0.2, 0.25) is 0 Å². The summed E-state index contributed by atoms with van der Waals surface area (Å²) < 4.78 is 16.2. The maximum atomic E-state index is 11.8. The van der Waals surface area contributed by atoms with Gasteiger partial charge in [0, 0.05) is 41.3 Å². The van der Waals surface area contributed by atoms with Crippen LogP contribution >= 0.6 is 0 Å². The van der Waals surface area contributed by atoms with Crippen LogP contribution in [-0.2, 0) is 28.6 Å². The molecule has 0 aromatic rings. The van der Waals surface area contributed by atoms with E-state index in [4.69, 9.17) is 34.6 Å². The van der Waals surface area contributed by atoms with E-state index >= 15 is 0 Å². The number of unbranched alkanes of at least 4 members (excludes halogenated alkanes) is 1. The first-order valence-corrected chi connectivity index (χ1v) is 22.9. The van der Waals surface area contributed by atoms with Crippen molar-refractivity contribution in [1.82, 2.24) is 0 Å². The molecule has 10 heteroatoms. The van der Waals surface area contributed by atoms with Crippen molar-refractivity contribution in [2.45, 2.75) is 209 Å². The van der Waals surface area contributed by atoms with Gasteiger partial charge in [-0.3, -0.25) is 14.4 Å². The fourth-order valence-electron chi connectivity index (χ4n) is 6.82. The third kappa shape index (κ3) is 43.4. The Morgan fingerprint density at radius 2 is 0.607 bits per heavy atom. The Morgan fingerprint density at radius 3 is 0.875 bits per heavy atom. The second-order valence-corrected chi connectivity index (χ2v) is 13.1. The lowest BCUT2D eigenvalue weighted by Gasteiger charge is -2.24. The zero-order valence-electron chi connectivity index (χ0n) is 39.1. The third-order valence-electron chi connectivity index (χ3n) is 9.55. The molecule has 4 N–H and O–H groups in total. The van der Waals surface area contributed by atoms with Gasteiger partial charge < -0.3 is 34.6 Å². The number of ether oxygens (including phenoxy) is 3. The van der Waals surface area contributed by atoms with Crippen molar-refractivity contribution in [3.8, 4) is 0 Å². The molecule has 0 amide bonds. The second kappa shape index (κ2) is 59.9. The summed E-state index contributed by atoms with van der Waals surface area (Å²) in [6, 6.07) is 0. The lowest BCUT2D eigenvalue weighted by molar-refractivity contribution is -0.151. The van der Waals surface area contributed by atoms with Crippen LogP contribution in [-0.4, -0.2) is 86.6 Å². The molecule has 56 heavy (non-hydrogen) atoms. The van der Waals surface area contributed by atoms with Crippen molar-refractivity contribution in [2.75, 3.05) is 48.3 Å². The summed E-state index contributed by atoms with van der Waals surface area (Å²) in [6.07, 6.45) is 27.1. The van der Waals surface area contributed by atoms with Gasteiger partial charge in [-0.2, -0.15) is 0 Å². The van der Waals surface area contributed by atoms with Crippen molar-refractivity contribution in [3.05, 3.63) is 0 Å². The SMILES string of the molecule is CC.CC.CC.CC.CO.CO.CO.CO.O=C(CCCCC(=O)OCC1CCCCC1)OCC1CCCCC1.O=C(OCC1CCCCC1)C1CCCCC1. The van der Waals surface area contributed by atoms with E-state index in [2.05, 4.69) is 0 Å². The maximum Gasteiger partial charge on any atom is 0.308 e. The molecule has 4 aliphatic carbocycles. The molecule has 0 aromatic carbocycles. The minimum Gasteiger partial charge on any atom is -0.465 e. The fourth-order valence-corrected chi connectivity index (χ4v) is 6.82. The number of aliphatic hydroxyl groups is 4. The topological polar surface area (TPSA) is 160 Å². The summed E-state index contributed by atoms with van der Waals surface area (Å²) in [4.78, 5) is 35.3. The Bertz CT molecular complexity index is 675. The zero-order chi connectivity index (χ0) is 44.3. The Balaban J connectivity index is -0.000000169. The molecule has 342 valence electrons. The molecular weight excluding hydrogens is 712 g/mol. The van der Waals surface area contributed by atoms with E-state index in [0.29, 0.717) is 63.3 Å². The van der Waals surface area contributed by atoms with Crippen LogP contribution in [0.3, 0.4) is 0 Å². The first-order chi connectivity index (χ1) is 27.6. The summed E-state index contributed by atoms with van der Waals surface area (Å²) in [5.41, 5.74) is 0. The Kier molecular flexibility index (Phi) is 70.7. The fraction of sp³-hybridized carbons (Fsp3) is 0.935. The molecule has 4 fully saturated rings. The molecule has 4 saturated carbocycles. The molecule has 0 radical (unpaired) electrons. The Morgan fingerprint density at radius 1 is 0.375 bits per heavy atom. The van der Waals surface area contributed by atoms with Gasteiger partial charge in [-0.15, -0.1) is 0 Å². The molecule has 0 spiro atoms. The molecule has 4 aliphatic rings. The van der Waals surface area contributed by atoms with E-state index < -0.39 is 0 Å². The normalized spacial score (nSPS) is 16.3. The molecular formula is C46H98O10. The van der Waals surface area contributed by atoms with Gasteiger partial charge in [0.1, 0.15) is 0 Å². The highest BCUT2D eigenvalue weighted by molar-refractivity contribution is 5.72. The summed E-state index contributed by atoms with van der Waals surface area (Å²) in [6.45, 7) is 17.9. The maximum absolute atomic E-state index is 11.8. The summed E-state index contributed by atoms with van der Waals surface area (Å²) >= 11 is 0. The van der Waals surface area contributed by atoms with Gasteiger partial charge in [0.2, 0.25) is 0 Å². The smallest absolute Gasteiger partial charge is 0.308 e. The first-order valence-electron chi connectivity index (χ1n) is 22.9. The summed E-state index contributed by atoms with van der Waals surface area (Å²) in [5.74, 6) is 1.87. The minimum absolute atomic E-state index is 0.0882. The number of hydrogen-bond acceptors (Lipinski definition) is 10. The molecule has 0 saturated heterocycles. The summed E-state index contributed by atoms with van der Waals surface area (Å²) in [5, 5.41) is 28.0. The van der Waals surface area contributed by atoms with Crippen molar-refractivity contribution >= 4 is 17.9 Å². The average Bonchev–Trinajstić information content (AvgIpc) is 3.32. The van der Waals surface area contributed by atoms with Gasteiger partial charge in [0.25, 0.3) is 0 Å². The summed E-state index contributed by atoms with van der Waals surface area (Å²) in [7, 11) is 4.00. The number of rotatable bonds is 12. The van der Waals surface area contributed by atoms with Crippen molar-refractivity contribution < 1.29 is 49.0 Å². The molecule has 10 nitrogen and oxygen atoms in total. The second-order valence-electron chi connectivity index (χ2n) is 13.1. The number of aliphatic hydroxyl groups excluding tert-OH is 4. The van der Waals surface area contributed by atoms with E-state index in [1.165, 1.54) is 116 Å². The van der Waals surface area contributed by atoms with E-state index in [1.807, 2.05) is 55.4 Å². The quantitative estimate of drug-likeness (QED) is 0.0848. The lowest BCUT2D eigenvalue weighted by Crippen LogP contribution is -2.23. The molecule has 0 atom stereocenters. The van der Waals surface area contributed by atoms with Gasteiger partial charge in [-0.25, -0.2) is 0 Å². The number of carbonyl (C=O) groups is 3. The van der Waals surface area contributed by atoms with Crippen molar-refractivity contribution in [3.63, 3.8) is 0 Å². The molecule has 4 rings (SSSR count). The monoisotopic (exact) mass is 811 g/mol. The van der Waals surface area contributed by atoms with Crippen molar-refractivity contribution in [2.24, 2.45) is 23.7 Å². The van der Waals surface area contributed by atoms with Crippen LogP contribution in [0, 0.1) is 23.7 Å². The lowest BCUT2D eigenvalue weighted by atomic mass is 9.89. The minimum atomic E-state index is -0.115. The van der Waals surface area contributed by atoms with Crippen LogP contribution in [0.4, 0.5) is 0 Å².